The molecule has 1 aromatic heterocycles. The highest BCUT2D eigenvalue weighted by Crippen LogP contribution is 2.26. The first kappa shape index (κ1) is 13.4. The molecule has 3 nitrogen and oxygen atoms in total. The fourth-order valence-electron chi connectivity index (χ4n) is 1.01. The van der Waals surface area contributed by atoms with Crippen LogP contribution in [0.3, 0.4) is 0 Å². The van der Waals surface area contributed by atoms with E-state index >= 15 is 0 Å². The van der Waals surface area contributed by atoms with Crippen molar-refractivity contribution in [3.8, 4) is 0 Å². The summed E-state index contributed by atoms with van der Waals surface area (Å²) in [5.41, 5.74) is 6.37. The second kappa shape index (κ2) is 5.61. The Morgan fingerprint density at radius 3 is 2.81 bits per heavy atom. The summed E-state index contributed by atoms with van der Waals surface area (Å²) in [4.78, 5) is 12.7. The molecule has 0 bridgehead atoms. The number of thiophene rings is 1. The van der Waals surface area contributed by atoms with Crippen molar-refractivity contribution in [1.29, 1.82) is 0 Å². The summed E-state index contributed by atoms with van der Waals surface area (Å²) in [6.07, 6.45) is 0. The molecule has 0 aliphatic heterocycles. The van der Waals surface area contributed by atoms with Crippen molar-refractivity contribution >= 4 is 46.1 Å². The quantitative estimate of drug-likeness (QED) is 0.830. The monoisotopic (exact) mass is 276 g/mol. The van der Waals surface area contributed by atoms with Gasteiger partial charge in [0.25, 0.3) is 5.91 Å². The number of carbonyl (C=O) groups excluding carboxylic acids is 1. The van der Waals surface area contributed by atoms with Crippen molar-refractivity contribution in [2.45, 2.75) is 13.8 Å². The zero-order chi connectivity index (χ0) is 12.3. The topological polar surface area (TPSA) is 55.1 Å². The molecule has 1 unspecified atom stereocenters. The number of carbonyl (C=O) groups is 1. The van der Waals surface area contributed by atoms with Crippen molar-refractivity contribution in [1.82, 2.24) is 5.32 Å². The Kier molecular flexibility index (Phi) is 4.70. The number of hydrogen-bond acceptors (Lipinski definition) is 3. The third-order valence-electron chi connectivity index (χ3n) is 2.16. The van der Waals surface area contributed by atoms with E-state index in [1.54, 1.807) is 0 Å². The first-order chi connectivity index (χ1) is 7.43. The molecule has 6 heteroatoms. The predicted molar refractivity (Wildman–Crippen MR) is 72.3 cm³/mol. The average Bonchev–Trinajstić information content (AvgIpc) is 2.55. The van der Waals surface area contributed by atoms with Gasteiger partial charge in [0.1, 0.15) is 4.88 Å². The van der Waals surface area contributed by atoms with Crippen LogP contribution in [0.15, 0.2) is 5.38 Å². The van der Waals surface area contributed by atoms with Gasteiger partial charge in [-0.3, -0.25) is 4.79 Å². The van der Waals surface area contributed by atoms with E-state index in [1.807, 2.05) is 19.2 Å². The second-order valence-electron chi connectivity index (χ2n) is 3.58. The molecule has 1 heterocycles. The molecule has 0 aromatic carbocycles. The van der Waals surface area contributed by atoms with E-state index in [4.69, 9.17) is 29.6 Å². The van der Waals surface area contributed by atoms with Crippen LogP contribution in [-0.2, 0) is 0 Å². The van der Waals surface area contributed by atoms with Crippen molar-refractivity contribution in [2.24, 2.45) is 11.7 Å². The van der Waals surface area contributed by atoms with Gasteiger partial charge in [-0.25, -0.2) is 0 Å². The van der Waals surface area contributed by atoms with Crippen LogP contribution in [0.1, 0.15) is 22.2 Å². The van der Waals surface area contributed by atoms with Crippen LogP contribution >= 0.6 is 35.2 Å². The number of aryl methyl sites for hydroxylation is 1. The highest BCUT2D eigenvalue weighted by Gasteiger charge is 2.15. The lowest BCUT2D eigenvalue weighted by Gasteiger charge is -2.10. The van der Waals surface area contributed by atoms with Crippen LogP contribution in [0.5, 0.6) is 0 Å². The number of amides is 1. The molecule has 0 aliphatic carbocycles. The molecular formula is C10H13ClN2OS2. The van der Waals surface area contributed by atoms with E-state index in [0.29, 0.717) is 21.4 Å². The summed E-state index contributed by atoms with van der Waals surface area (Å²) in [7, 11) is 0. The van der Waals surface area contributed by atoms with Crippen LogP contribution in [0.25, 0.3) is 0 Å². The molecule has 3 N–H and O–H groups in total. The minimum Gasteiger partial charge on any atom is -0.393 e. The third-order valence-corrected chi connectivity index (χ3v) is 4.26. The first-order valence-corrected chi connectivity index (χ1v) is 6.41. The summed E-state index contributed by atoms with van der Waals surface area (Å²) >= 11 is 12.1. The number of hydrogen-bond donors (Lipinski definition) is 2. The lowest BCUT2D eigenvalue weighted by molar-refractivity contribution is 0.0955. The van der Waals surface area contributed by atoms with E-state index in [9.17, 15) is 4.79 Å². The maximum Gasteiger partial charge on any atom is 0.262 e. The zero-order valence-corrected chi connectivity index (χ0v) is 11.4. The normalized spacial score (nSPS) is 12.2. The Balaban J connectivity index is 2.60. The molecule has 88 valence electrons. The van der Waals surface area contributed by atoms with Crippen LogP contribution in [0, 0.1) is 12.8 Å². The molecule has 1 aromatic rings. The number of nitrogens with two attached hydrogens (primary N) is 1. The number of rotatable bonds is 4. The lowest BCUT2D eigenvalue weighted by atomic mass is 10.2. The Morgan fingerprint density at radius 2 is 2.38 bits per heavy atom. The van der Waals surface area contributed by atoms with Crippen LogP contribution in [0.2, 0.25) is 5.02 Å². The molecule has 16 heavy (non-hydrogen) atoms. The molecule has 0 saturated carbocycles. The Morgan fingerprint density at radius 1 is 1.75 bits per heavy atom. The van der Waals surface area contributed by atoms with Crippen molar-refractivity contribution < 1.29 is 4.79 Å². The SMILES string of the molecule is Cc1csc(C(=O)NCC(C)C(N)=S)c1Cl. The fourth-order valence-corrected chi connectivity index (χ4v) is 2.29. The van der Waals surface area contributed by atoms with E-state index in [-0.39, 0.29) is 11.8 Å². The number of nitrogens with one attached hydrogen (secondary N) is 1. The van der Waals surface area contributed by atoms with E-state index in [2.05, 4.69) is 5.32 Å². The molecule has 0 radical (unpaired) electrons. The van der Waals surface area contributed by atoms with E-state index < -0.39 is 0 Å². The van der Waals surface area contributed by atoms with Gasteiger partial charge in [0.05, 0.1) is 10.0 Å². The smallest absolute Gasteiger partial charge is 0.262 e. The Bertz CT molecular complexity index is 417. The molecule has 1 amide bonds. The molecule has 0 fully saturated rings. The van der Waals surface area contributed by atoms with Gasteiger partial charge in [-0.05, 0) is 17.9 Å². The van der Waals surface area contributed by atoms with Gasteiger partial charge >= 0.3 is 0 Å². The minimum absolute atomic E-state index is 0.0150. The van der Waals surface area contributed by atoms with Gasteiger partial charge in [0.2, 0.25) is 0 Å². The maximum absolute atomic E-state index is 11.7. The van der Waals surface area contributed by atoms with Gasteiger partial charge in [-0.2, -0.15) is 0 Å². The van der Waals surface area contributed by atoms with Gasteiger partial charge in [-0.15, -0.1) is 11.3 Å². The summed E-state index contributed by atoms with van der Waals surface area (Å²) in [6.45, 7) is 4.17. The Hall–Kier alpha value is -0.650. The predicted octanol–water partition coefficient (Wildman–Crippen LogP) is 2.36. The molecule has 1 atom stereocenters. The molecular weight excluding hydrogens is 264 g/mol. The highest BCUT2D eigenvalue weighted by atomic mass is 35.5. The summed E-state index contributed by atoms with van der Waals surface area (Å²) in [6, 6.07) is 0. The van der Waals surface area contributed by atoms with Gasteiger partial charge in [0.15, 0.2) is 0 Å². The second-order valence-corrected chi connectivity index (χ2v) is 5.30. The number of thiocarbonyl (C=S) groups is 1. The van der Waals surface area contributed by atoms with Crippen molar-refractivity contribution in [3.63, 3.8) is 0 Å². The largest absolute Gasteiger partial charge is 0.393 e. The van der Waals surface area contributed by atoms with E-state index in [1.165, 1.54) is 11.3 Å². The van der Waals surface area contributed by atoms with Gasteiger partial charge in [-0.1, -0.05) is 30.7 Å². The summed E-state index contributed by atoms with van der Waals surface area (Å²) in [5, 5.41) is 5.13. The molecule has 1 rings (SSSR count). The molecule has 0 saturated heterocycles. The van der Waals surface area contributed by atoms with Crippen LogP contribution in [-0.4, -0.2) is 17.4 Å². The summed E-state index contributed by atoms with van der Waals surface area (Å²) < 4.78 is 0. The summed E-state index contributed by atoms with van der Waals surface area (Å²) in [5.74, 6) is -0.190. The molecule has 0 spiro atoms. The fraction of sp³-hybridized carbons (Fsp3) is 0.400. The molecule has 0 aliphatic rings. The van der Waals surface area contributed by atoms with E-state index in [0.717, 1.165) is 5.56 Å². The lowest BCUT2D eigenvalue weighted by Crippen LogP contribution is -2.33. The van der Waals surface area contributed by atoms with Gasteiger partial charge < -0.3 is 11.1 Å². The number of halogens is 1. The maximum atomic E-state index is 11.7. The van der Waals surface area contributed by atoms with Crippen LogP contribution < -0.4 is 11.1 Å². The minimum atomic E-state index is -0.175. The first-order valence-electron chi connectivity index (χ1n) is 4.74. The average molecular weight is 277 g/mol. The zero-order valence-electron chi connectivity index (χ0n) is 9.04. The highest BCUT2D eigenvalue weighted by molar-refractivity contribution is 7.80. The van der Waals surface area contributed by atoms with Crippen LogP contribution in [0.4, 0.5) is 0 Å². The standard InChI is InChI=1S/C10H13ClN2OS2/c1-5(9(12)15)3-13-10(14)8-7(11)6(2)4-16-8/h4-5H,3H2,1-2H3,(H2,12,15)(H,13,14). The Labute approximate surface area is 109 Å². The van der Waals surface area contributed by atoms with Crippen molar-refractivity contribution in [3.05, 3.63) is 20.8 Å². The van der Waals surface area contributed by atoms with Crippen molar-refractivity contribution in [2.75, 3.05) is 6.54 Å². The third kappa shape index (κ3) is 3.17. The van der Waals surface area contributed by atoms with Gasteiger partial charge in [0, 0.05) is 12.5 Å².